The van der Waals surface area contributed by atoms with Crippen molar-refractivity contribution in [1.29, 1.82) is 0 Å². The lowest BCUT2D eigenvalue weighted by molar-refractivity contribution is -0.305. The van der Waals surface area contributed by atoms with Gasteiger partial charge < -0.3 is 39.4 Å². The highest BCUT2D eigenvalue weighted by atomic mass is 16.7. The number of hydrogen-bond donors (Lipinski definition) is 4. The van der Waals surface area contributed by atoms with Crippen LogP contribution in [0.15, 0.2) is 60.8 Å². The molecule has 0 aromatic heterocycles. The molecule has 6 atom stereocenters. The summed E-state index contributed by atoms with van der Waals surface area (Å²) in [6, 6.07) is 0. The van der Waals surface area contributed by atoms with E-state index in [1.807, 2.05) is 0 Å². The van der Waals surface area contributed by atoms with Crippen LogP contribution in [0.2, 0.25) is 0 Å². The number of ether oxygens (including phenoxy) is 4. The summed E-state index contributed by atoms with van der Waals surface area (Å²) in [6.45, 7) is 3.23. The first-order valence-electron chi connectivity index (χ1n) is 21.4. The fourth-order valence-corrected chi connectivity index (χ4v) is 6.00. The number of carbonyl (C=O) groups is 2. The van der Waals surface area contributed by atoms with Crippen LogP contribution in [-0.4, -0.2) is 89.0 Å². The molecule has 0 bridgehead atoms. The molecule has 1 rings (SSSR count). The number of aliphatic hydroxyl groups is 4. The van der Waals surface area contributed by atoms with E-state index in [1.54, 1.807) is 0 Å². The predicted octanol–water partition coefficient (Wildman–Crippen LogP) is 8.66. The summed E-state index contributed by atoms with van der Waals surface area (Å²) in [4.78, 5) is 25.3. The molecule has 316 valence electrons. The number of allylic oxidation sites excluding steroid dienone is 10. The van der Waals surface area contributed by atoms with Crippen molar-refractivity contribution >= 4 is 11.9 Å². The first-order valence-corrected chi connectivity index (χ1v) is 21.4. The highest BCUT2D eigenvalue weighted by molar-refractivity contribution is 5.70. The smallest absolute Gasteiger partial charge is 0.306 e. The Balaban J connectivity index is 2.38. The molecule has 0 aromatic rings. The summed E-state index contributed by atoms with van der Waals surface area (Å²) >= 11 is 0. The monoisotopic (exact) mass is 777 g/mol. The van der Waals surface area contributed by atoms with Crippen LogP contribution in [0, 0.1) is 0 Å². The fraction of sp³-hybridized carbons (Fsp3) is 0.733. The summed E-state index contributed by atoms with van der Waals surface area (Å²) in [7, 11) is 0. The van der Waals surface area contributed by atoms with Gasteiger partial charge in [0.1, 0.15) is 31.0 Å². The molecule has 1 aliphatic heterocycles. The molecule has 0 radical (unpaired) electrons. The molecule has 0 aromatic carbocycles. The van der Waals surface area contributed by atoms with Crippen LogP contribution in [0.4, 0.5) is 0 Å². The van der Waals surface area contributed by atoms with Gasteiger partial charge in [0, 0.05) is 12.8 Å². The molecule has 1 saturated heterocycles. The number of hydrogen-bond acceptors (Lipinski definition) is 10. The maximum absolute atomic E-state index is 12.7. The minimum atomic E-state index is -1.60. The highest BCUT2D eigenvalue weighted by Gasteiger charge is 2.44. The molecule has 55 heavy (non-hydrogen) atoms. The van der Waals surface area contributed by atoms with Crippen molar-refractivity contribution < 1.29 is 49.0 Å². The third kappa shape index (κ3) is 27.6. The van der Waals surface area contributed by atoms with Gasteiger partial charge in [-0.2, -0.15) is 0 Å². The molecule has 1 heterocycles. The highest BCUT2D eigenvalue weighted by Crippen LogP contribution is 2.22. The second-order valence-corrected chi connectivity index (χ2v) is 14.4. The molecule has 10 heteroatoms. The fourth-order valence-electron chi connectivity index (χ4n) is 6.00. The van der Waals surface area contributed by atoms with Crippen LogP contribution in [-0.2, 0) is 28.5 Å². The molecule has 1 aliphatic rings. The summed E-state index contributed by atoms with van der Waals surface area (Å²) in [6.07, 6.45) is 35.1. The lowest BCUT2D eigenvalue weighted by Crippen LogP contribution is -2.59. The predicted molar refractivity (Wildman–Crippen MR) is 219 cm³/mol. The largest absolute Gasteiger partial charge is 0.462 e. The van der Waals surface area contributed by atoms with E-state index in [0.29, 0.717) is 12.8 Å². The summed E-state index contributed by atoms with van der Waals surface area (Å²) in [5, 5.41) is 40.0. The second kappa shape index (κ2) is 35.8. The van der Waals surface area contributed by atoms with Crippen LogP contribution in [0.5, 0.6) is 0 Å². The van der Waals surface area contributed by atoms with Gasteiger partial charge in [0.25, 0.3) is 0 Å². The van der Waals surface area contributed by atoms with E-state index in [1.165, 1.54) is 19.3 Å². The van der Waals surface area contributed by atoms with Gasteiger partial charge in [0.05, 0.1) is 13.2 Å². The lowest BCUT2D eigenvalue weighted by atomic mass is 9.99. The lowest BCUT2D eigenvalue weighted by Gasteiger charge is -2.39. The number of esters is 2. The van der Waals surface area contributed by atoms with Crippen LogP contribution in [0.25, 0.3) is 0 Å². The van der Waals surface area contributed by atoms with Gasteiger partial charge in [-0.25, -0.2) is 0 Å². The summed E-state index contributed by atoms with van der Waals surface area (Å²) in [5.74, 6) is -0.848. The number of aliphatic hydroxyl groups excluding tert-OH is 4. The molecule has 0 amide bonds. The minimum Gasteiger partial charge on any atom is -0.462 e. The first kappa shape index (κ1) is 50.4. The van der Waals surface area contributed by atoms with Crippen LogP contribution in [0.3, 0.4) is 0 Å². The van der Waals surface area contributed by atoms with Gasteiger partial charge >= 0.3 is 11.9 Å². The number of rotatable bonds is 34. The Morgan fingerprint density at radius 2 is 1.07 bits per heavy atom. The van der Waals surface area contributed by atoms with Crippen molar-refractivity contribution in [2.24, 2.45) is 0 Å². The number of unbranched alkanes of at least 4 members (excludes halogenated alkanes) is 13. The van der Waals surface area contributed by atoms with E-state index in [-0.39, 0.29) is 26.1 Å². The van der Waals surface area contributed by atoms with Gasteiger partial charge in [-0.15, -0.1) is 0 Å². The van der Waals surface area contributed by atoms with Gasteiger partial charge in [-0.05, 0) is 77.0 Å². The average Bonchev–Trinajstić information content (AvgIpc) is 3.18. The Kier molecular flexibility index (Phi) is 32.8. The third-order valence-corrected chi connectivity index (χ3v) is 9.39. The minimum absolute atomic E-state index is 0.207. The van der Waals surface area contributed by atoms with E-state index in [0.717, 1.165) is 96.3 Å². The maximum atomic E-state index is 12.7. The first-order chi connectivity index (χ1) is 26.8. The van der Waals surface area contributed by atoms with Crippen molar-refractivity contribution in [2.75, 3.05) is 19.8 Å². The van der Waals surface area contributed by atoms with Crippen molar-refractivity contribution in [1.82, 2.24) is 0 Å². The normalized spacial score (nSPS) is 21.2. The molecule has 0 saturated carbocycles. The van der Waals surface area contributed by atoms with Crippen LogP contribution in [0.1, 0.15) is 155 Å². The van der Waals surface area contributed by atoms with Crippen LogP contribution < -0.4 is 0 Å². The van der Waals surface area contributed by atoms with E-state index < -0.39 is 55.4 Å². The maximum Gasteiger partial charge on any atom is 0.306 e. The molecule has 1 fully saturated rings. The average molecular weight is 777 g/mol. The van der Waals surface area contributed by atoms with Crippen molar-refractivity contribution in [3.05, 3.63) is 60.8 Å². The number of carbonyl (C=O) groups excluding carboxylic acids is 2. The second-order valence-electron chi connectivity index (χ2n) is 14.4. The van der Waals surface area contributed by atoms with Gasteiger partial charge in [-0.3, -0.25) is 9.59 Å². The topological polar surface area (TPSA) is 152 Å². The van der Waals surface area contributed by atoms with Gasteiger partial charge in [0.2, 0.25) is 0 Å². The zero-order valence-corrected chi connectivity index (χ0v) is 34.2. The zero-order valence-electron chi connectivity index (χ0n) is 34.2. The van der Waals surface area contributed by atoms with E-state index in [2.05, 4.69) is 74.6 Å². The molecule has 0 spiro atoms. The quantitative estimate of drug-likeness (QED) is 0.0284. The Morgan fingerprint density at radius 1 is 0.582 bits per heavy atom. The van der Waals surface area contributed by atoms with E-state index in [9.17, 15) is 30.0 Å². The molecular formula is C45H76O10. The van der Waals surface area contributed by atoms with Crippen LogP contribution >= 0.6 is 0 Å². The standard InChI is InChI=1S/C45H76O10/c1-3-5-7-9-11-13-15-17-19-21-23-25-27-29-31-33-40(47)52-36-38(37-53-45-44(51)43(50)42(49)39(35-46)55-45)54-41(48)34-32-30-28-26-24-22-20-18-16-14-12-10-8-6-4-2/h5,7,11-14,17-20,38-39,42-46,49-51H,3-4,6,8-10,15-16,21-37H2,1-2H3. The Hall–Kier alpha value is -2.60. The van der Waals surface area contributed by atoms with E-state index >= 15 is 0 Å². The molecular weight excluding hydrogens is 700 g/mol. The van der Waals surface area contributed by atoms with E-state index in [4.69, 9.17) is 18.9 Å². The van der Waals surface area contributed by atoms with Crippen molar-refractivity contribution in [2.45, 2.75) is 192 Å². The molecule has 6 unspecified atom stereocenters. The zero-order chi connectivity index (χ0) is 40.2. The molecule has 4 N–H and O–H groups in total. The molecule has 10 nitrogen and oxygen atoms in total. The third-order valence-electron chi connectivity index (χ3n) is 9.39. The van der Waals surface area contributed by atoms with Gasteiger partial charge in [0.15, 0.2) is 12.4 Å². The van der Waals surface area contributed by atoms with Crippen molar-refractivity contribution in [3.8, 4) is 0 Å². The Morgan fingerprint density at radius 3 is 1.62 bits per heavy atom. The summed E-state index contributed by atoms with van der Waals surface area (Å²) in [5.41, 5.74) is 0. The summed E-state index contributed by atoms with van der Waals surface area (Å²) < 4.78 is 22.1. The molecule has 0 aliphatic carbocycles. The van der Waals surface area contributed by atoms with Crippen molar-refractivity contribution in [3.63, 3.8) is 0 Å². The Bertz CT molecular complexity index is 1080. The van der Waals surface area contributed by atoms with Gasteiger partial charge in [-0.1, -0.05) is 126 Å². The SMILES string of the molecule is CCC=CCC=CCC=CCCCCCCCC(=O)OCC(COC1OC(CO)C(O)C(O)C1O)OC(=O)CCCCCCCC=CCC=CCCCCC. The Labute approximate surface area is 332 Å².